The summed E-state index contributed by atoms with van der Waals surface area (Å²) in [5, 5.41) is 28.6. The summed E-state index contributed by atoms with van der Waals surface area (Å²) in [6.07, 6.45) is 4.78. The molecular formula is C28H22BN5O2. The third kappa shape index (κ3) is 3.89. The van der Waals surface area contributed by atoms with Crippen molar-refractivity contribution in [3.8, 4) is 11.8 Å². The van der Waals surface area contributed by atoms with Crippen molar-refractivity contribution in [1.82, 2.24) is 15.6 Å². The zero-order chi connectivity index (χ0) is 24.8. The summed E-state index contributed by atoms with van der Waals surface area (Å²) in [4.78, 5) is 16.9. The fraction of sp³-hybridized carbons (Fsp3) is 0.179. The average Bonchev–Trinajstić information content (AvgIpc) is 3.79. The molecule has 174 valence electrons. The molecule has 0 aliphatic heterocycles. The number of rotatable bonds is 6. The summed E-state index contributed by atoms with van der Waals surface area (Å²) < 4.78 is 0. The summed E-state index contributed by atoms with van der Waals surface area (Å²) in [6, 6.07) is 15.8. The molecule has 7 nitrogen and oxygen atoms in total. The molecule has 3 aliphatic rings. The molecule has 1 aromatic heterocycles. The average molecular weight is 471 g/mol. The van der Waals surface area contributed by atoms with Gasteiger partial charge >= 0.3 is 6.03 Å². The molecule has 2 aromatic carbocycles. The van der Waals surface area contributed by atoms with E-state index >= 15 is 0 Å². The Morgan fingerprint density at radius 1 is 1.14 bits per heavy atom. The SMILES string of the molecule is [B]c1cnc2c3c1C1C/C1=C(c1ccccc1O)/C=C(/NCCNC(=O)Nc1ccc(C#N)cc1)C23. The minimum atomic E-state index is -0.322. The van der Waals surface area contributed by atoms with Gasteiger partial charge in [-0.05, 0) is 59.5 Å². The van der Waals surface area contributed by atoms with Crippen LogP contribution in [0.25, 0.3) is 5.57 Å². The van der Waals surface area contributed by atoms with Gasteiger partial charge in [0.15, 0.2) is 0 Å². The number of hydrogen-bond acceptors (Lipinski definition) is 5. The van der Waals surface area contributed by atoms with Crippen LogP contribution in [0.5, 0.6) is 5.75 Å². The number of urea groups is 1. The molecule has 6 rings (SSSR count). The van der Waals surface area contributed by atoms with Crippen molar-refractivity contribution in [3.63, 3.8) is 0 Å². The molecule has 0 spiro atoms. The van der Waals surface area contributed by atoms with Gasteiger partial charge in [-0.1, -0.05) is 29.2 Å². The maximum atomic E-state index is 12.3. The van der Waals surface area contributed by atoms with E-state index < -0.39 is 0 Å². The number of fused-ring (bicyclic) bond motifs is 3. The van der Waals surface area contributed by atoms with Gasteiger partial charge in [-0.2, -0.15) is 5.26 Å². The zero-order valence-corrected chi connectivity index (χ0v) is 19.4. The predicted molar refractivity (Wildman–Crippen MR) is 138 cm³/mol. The summed E-state index contributed by atoms with van der Waals surface area (Å²) in [6.45, 7) is 0.908. The second kappa shape index (κ2) is 8.61. The van der Waals surface area contributed by atoms with E-state index in [-0.39, 0.29) is 23.6 Å². The number of anilines is 1. The number of carbonyl (C=O) groups is 1. The van der Waals surface area contributed by atoms with Gasteiger partial charge in [0, 0.05) is 42.2 Å². The second-order valence-corrected chi connectivity index (χ2v) is 9.17. The first kappa shape index (κ1) is 22.0. The van der Waals surface area contributed by atoms with Gasteiger partial charge in [0.05, 0.1) is 23.2 Å². The number of benzene rings is 2. The molecular weight excluding hydrogens is 449 g/mol. The van der Waals surface area contributed by atoms with Crippen molar-refractivity contribution < 1.29 is 9.90 Å². The molecule has 1 fully saturated rings. The Labute approximate surface area is 210 Å². The Kier molecular flexibility index (Phi) is 5.26. The fourth-order valence-electron chi connectivity index (χ4n) is 5.06. The van der Waals surface area contributed by atoms with Crippen molar-refractivity contribution in [2.45, 2.75) is 18.3 Å². The Morgan fingerprint density at radius 3 is 2.72 bits per heavy atom. The lowest BCUT2D eigenvalue weighted by Gasteiger charge is -2.16. The van der Waals surface area contributed by atoms with E-state index in [1.54, 1.807) is 36.5 Å². The first-order valence-electron chi connectivity index (χ1n) is 11.8. The number of para-hydroxylation sites is 1. The third-order valence-electron chi connectivity index (χ3n) is 6.89. The van der Waals surface area contributed by atoms with Crippen LogP contribution < -0.4 is 21.4 Å². The first-order chi connectivity index (χ1) is 17.5. The number of pyridine rings is 1. The van der Waals surface area contributed by atoms with E-state index in [1.165, 1.54) is 16.7 Å². The van der Waals surface area contributed by atoms with Gasteiger partial charge in [0.1, 0.15) is 13.6 Å². The van der Waals surface area contributed by atoms with Crippen molar-refractivity contribution in [1.29, 1.82) is 5.26 Å². The van der Waals surface area contributed by atoms with Gasteiger partial charge in [0.2, 0.25) is 0 Å². The minimum Gasteiger partial charge on any atom is -0.507 e. The molecule has 3 aromatic rings. The molecule has 0 bridgehead atoms. The highest BCUT2D eigenvalue weighted by molar-refractivity contribution is 6.33. The van der Waals surface area contributed by atoms with Crippen molar-refractivity contribution >= 4 is 30.6 Å². The van der Waals surface area contributed by atoms with E-state index in [0.717, 1.165) is 34.4 Å². The first-order valence-corrected chi connectivity index (χ1v) is 11.8. The van der Waals surface area contributed by atoms with Gasteiger partial charge < -0.3 is 21.1 Å². The number of nitrogens with one attached hydrogen (secondary N) is 3. The van der Waals surface area contributed by atoms with E-state index in [1.807, 2.05) is 18.2 Å². The van der Waals surface area contributed by atoms with Crippen molar-refractivity contribution in [3.05, 3.63) is 100 Å². The summed E-state index contributed by atoms with van der Waals surface area (Å²) >= 11 is 0. The molecule has 0 saturated heterocycles. The lowest BCUT2D eigenvalue weighted by molar-refractivity contribution is 0.252. The monoisotopic (exact) mass is 471 g/mol. The molecule has 1 saturated carbocycles. The van der Waals surface area contributed by atoms with E-state index in [0.29, 0.717) is 24.3 Å². The summed E-state index contributed by atoms with van der Waals surface area (Å²) in [7, 11) is 6.35. The number of phenols is 1. The quantitative estimate of drug-likeness (QED) is 0.326. The Morgan fingerprint density at radius 2 is 1.94 bits per heavy atom. The van der Waals surface area contributed by atoms with E-state index in [2.05, 4.69) is 33.1 Å². The minimum absolute atomic E-state index is 0.0489. The summed E-state index contributed by atoms with van der Waals surface area (Å²) in [5.74, 6) is 0.566. The molecule has 4 N–H and O–H groups in total. The largest absolute Gasteiger partial charge is 0.507 e. The topological polar surface area (TPSA) is 110 Å². The number of phenolic OH excluding ortho intramolecular Hbond substituents is 1. The van der Waals surface area contributed by atoms with Gasteiger partial charge in [0.25, 0.3) is 0 Å². The van der Waals surface area contributed by atoms with Crippen LogP contribution >= 0.6 is 0 Å². The molecule has 8 heteroatoms. The van der Waals surface area contributed by atoms with Crippen LogP contribution in [0.15, 0.2) is 72.1 Å². The van der Waals surface area contributed by atoms with Crippen LogP contribution in [0.4, 0.5) is 10.5 Å². The fourth-order valence-corrected chi connectivity index (χ4v) is 5.06. The molecule has 1 heterocycles. The Bertz CT molecular complexity index is 1500. The zero-order valence-electron chi connectivity index (χ0n) is 19.4. The number of carbonyl (C=O) groups excluding carboxylic acids is 1. The van der Waals surface area contributed by atoms with Crippen LogP contribution in [-0.2, 0) is 0 Å². The maximum Gasteiger partial charge on any atom is 0.319 e. The van der Waals surface area contributed by atoms with Crippen LogP contribution in [-0.4, -0.2) is 37.1 Å². The molecule has 2 radical (unpaired) electrons. The van der Waals surface area contributed by atoms with Gasteiger partial charge in [-0.25, -0.2) is 4.79 Å². The number of allylic oxidation sites excluding steroid dienone is 4. The van der Waals surface area contributed by atoms with E-state index in [4.69, 9.17) is 13.1 Å². The normalized spacial score (nSPS) is 21.9. The number of amides is 2. The highest BCUT2D eigenvalue weighted by atomic mass is 16.3. The standard InChI is InChI=1S/C28H22BN5O2/c29-21-14-33-27-25-22(31-9-10-32-28(36)34-16-7-5-15(13-30)6-8-16)12-19(17-3-1-2-4-23(17)35)18-11-20(18)24(21)26(25)27/h1-8,12,14,20,25,31,35H,9-11H2,(H2,32,34,36)/b19-18+,22-12+. The maximum absolute atomic E-state index is 12.3. The number of nitriles is 1. The van der Waals surface area contributed by atoms with Crippen LogP contribution in [0, 0.1) is 11.3 Å². The van der Waals surface area contributed by atoms with Gasteiger partial charge in [-0.3, -0.25) is 4.98 Å². The number of nitrogens with zero attached hydrogens (tertiary/aromatic N) is 2. The molecule has 36 heavy (non-hydrogen) atoms. The van der Waals surface area contributed by atoms with E-state index in [9.17, 15) is 9.90 Å². The van der Waals surface area contributed by atoms with Gasteiger partial charge in [-0.15, -0.1) is 0 Å². The smallest absolute Gasteiger partial charge is 0.319 e. The number of hydrogen-bond donors (Lipinski definition) is 4. The van der Waals surface area contributed by atoms with Crippen LogP contribution in [0.1, 0.15) is 46.2 Å². The lowest BCUT2D eigenvalue weighted by atomic mass is 9.87. The predicted octanol–water partition coefficient (Wildman–Crippen LogP) is 3.15. The highest BCUT2D eigenvalue weighted by Crippen LogP contribution is 2.60. The highest BCUT2D eigenvalue weighted by Gasteiger charge is 2.48. The lowest BCUT2D eigenvalue weighted by Crippen LogP contribution is -2.34. The van der Waals surface area contributed by atoms with Crippen molar-refractivity contribution in [2.24, 2.45) is 0 Å². The molecule has 2 unspecified atom stereocenters. The van der Waals surface area contributed by atoms with Crippen LogP contribution in [0.3, 0.4) is 0 Å². The summed E-state index contributed by atoms with van der Waals surface area (Å²) in [5.41, 5.74) is 9.35. The second-order valence-electron chi connectivity index (χ2n) is 9.17. The third-order valence-corrected chi connectivity index (χ3v) is 6.89. The van der Waals surface area contributed by atoms with Crippen molar-refractivity contribution in [2.75, 3.05) is 18.4 Å². The van der Waals surface area contributed by atoms with Crippen LogP contribution in [0.2, 0.25) is 0 Å². The molecule has 2 atom stereocenters. The molecule has 2 amide bonds. The molecule has 3 aliphatic carbocycles. The number of aromatic nitrogens is 1. The Balaban J connectivity index is 1.18. The Hall–Kier alpha value is -4.51. The number of aromatic hydroxyl groups is 1.